The Hall–Kier alpha value is -5.02. The molecule has 0 saturated carbocycles. The van der Waals surface area contributed by atoms with Gasteiger partial charge in [-0.2, -0.15) is 0 Å². The summed E-state index contributed by atoms with van der Waals surface area (Å²) in [5.41, 5.74) is 6.58. The average Bonchev–Trinajstić information content (AvgIpc) is 2.96. The van der Waals surface area contributed by atoms with Crippen molar-refractivity contribution in [3.05, 3.63) is 158 Å². The van der Waals surface area contributed by atoms with Crippen LogP contribution in [0.3, 0.4) is 0 Å². The summed E-state index contributed by atoms with van der Waals surface area (Å²) in [5.74, 6) is 0. The molecule has 6 rings (SSSR count). The van der Waals surface area contributed by atoms with Gasteiger partial charge in [0.15, 0.2) is 0 Å². The summed E-state index contributed by atoms with van der Waals surface area (Å²) in [5, 5.41) is 12.7. The molecule has 180 valence electrons. The summed E-state index contributed by atoms with van der Waals surface area (Å²) in [7, 11) is 0. The molecule has 3 nitrogen and oxygen atoms in total. The van der Waals surface area contributed by atoms with Gasteiger partial charge in [0, 0.05) is 34.1 Å². The van der Waals surface area contributed by atoms with Crippen molar-refractivity contribution in [3.63, 3.8) is 0 Å². The fourth-order valence-corrected chi connectivity index (χ4v) is 3.97. The minimum atomic E-state index is 1.08. The van der Waals surface area contributed by atoms with E-state index < -0.39 is 0 Å². The molecule has 0 spiro atoms. The molecule has 0 radical (unpaired) electrons. The molecule has 6 aromatic carbocycles. The molecule has 3 heteroatoms. The van der Waals surface area contributed by atoms with Crippen LogP contribution < -0.4 is 16.0 Å². The van der Waals surface area contributed by atoms with Gasteiger partial charge in [-0.1, -0.05) is 84.9 Å². The summed E-state index contributed by atoms with van der Waals surface area (Å²) in [6, 6.07) is 53.6. The molecule has 0 bridgehead atoms. The van der Waals surface area contributed by atoms with Crippen molar-refractivity contribution >= 4 is 44.9 Å². The molecule has 3 N–H and O–H groups in total. The molecule has 0 atom stereocenters. The number of benzene rings is 6. The summed E-state index contributed by atoms with van der Waals surface area (Å²) >= 11 is 0. The van der Waals surface area contributed by atoms with Crippen LogP contribution in [0.4, 0.5) is 34.1 Å². The average molecular weight is 480 g/mol. The topological polar surface area (TPSA) is 36.1 Å². The Balaban J connectivity index is 0.000000153. The van der Waals surface area contributed by atoms with Crippen molar-refractivity contribution in [2.24, 2.45) is 0 Å². The van der Waals surface area contributed by atoms with Crippen LogP contribution in [0.25, 0.3) is 10.8 Å². The molecule has 37 heavy (non-hydrogen) atoms. The number of hydrogen-bond acceptors (Lipinski definition) is 3. The Labute approximate surface area is 218 Å². The number of nitrogens with one attached hydrogen (secondary N) is 3. The fourth-order valence-electron chi connectivity index (χ4n) is 3.97. The van der Waals surface area contributed by atoms with E-state index in [-0.39, 0.29) is 0 Å². The summed E-state index contributed by atoms with van der Waals surface area (Å²) < 4.78 is 0. The first-order valence-corrected chi connectivity index (χ1v) is 12.4. The van der Waals surface area contributed by atoms with E-state index in [9.17, 15) is 0 Å². The molecule has 0 aliphatic heterocycles. The molecule has 6 aromatic rings. The maximum absolute atomic E-state index is 3.40. The lowest BCUT2D eigenvalue weighted by molar-refractivity contribution is 1.52. The van der Waals surface area contributed by atoms with Crippen molar-refractivity contribution < 1.29 is 0 Å². The van der Waals surface area contributed by atoms with Gasteiger partial charge in [-0.05, 0) is 83.6 Å². The molecular formula is C34H29N3. The molecule has 0 saturated heterocycles. The third-order valence-corrected chi connectivity index (χ3v) is 5.82. The van der Waals surface area contributed by atoms with E-state index in [0.29, 0.717) is 0 Å². The van der Waals surface area contributed by atoms with Crippen molar-refractivity contribution in [1.82, 2.24) is 0 Å². The van der Waals surface area contributed by atoms with E-state index in [0.717, 1.165) is 34.1 Å². The summed E-state index contributed by atoms with van der Waals surface area (Å²) in [6.07, 6.45) is 0. The normalized spacial score (nSPS) is 10.2. The van der Waals surface area contributed by atoms with Crippen molar-refractivity contribution in [2.75, 3.05) is 16.0 Å². The van der Waals surface area contributed by atoms with Crippen LogP contribution in [-0.4, -0.2) is 0 Å². The van der Waals surface area contributed by atoms with Crippen LogP contribution in [0.1, 0.15) is 0 Å². The first-order valence-electron chi connectivity index (χ1n) is 12.4. The number of anilines is 6. The molecule has 0 aromatic heterocycles. The van der Waals surface area contributed by atoms with Gasteiger partial charge in [0.1, 0.15) is 0 Å². The quantitative estimate of drug-likeness (QED) is 0.222. The number of fused-ring (bicyclic) bond motifs is 1. The van der Waals surface area contributed by atoms with Crippen molar-refractivity contribution in [2.45, 2.75) is 0 Å². The van der Waals surface area contributed by atoms with Crippen LogP contribution in [0.15, 0.2) is 158 Å². The van der Waals surface area contributed by atoms with Crippen LogP contribution in [0.2, 0.25) is 0 Å². The Morgan fingerprint density at radius 1 is 0.243 bits per heavy atom. The Kier molecular flexibility index (Phi) is 7.75. The van der Waals surface area contributed by atoms with Crippen LogP contribution in [0.5, 0.6) is 0 Å². The third kappa shape index (κ3) is 7.00. The zero-order valence-corrected chi connectivity index (χ0v) is 20.5. The van der Waals surface area contributed by atoms with Crippen LogP contribution >= 0.6 is 0 Å². The molecular weight excluding hydrogens is 450 g/mol. The first kappa shape index (κ1) is 23.7. The lowest BCUT2D eigenvalue weighted by Gasteiger charge is -2.09. The number of para-hydroxylation sites is 3. The van der Waals surface area contributed by atoms with Gasteiger partial charge in [-0.25, -0.2) is 0 Å². The Morgan fingerprint density at radius 2 is 0.568 bits per heavy atom. The van der Waals surface area contributed by atoms with Gasteiger partial charge in [0.05, 0.1) is 0 Å². The van der Waals surface area contributed by atoms with Crippen molar-refractivity contribution in [3.8, 4) is 0 Å². The van der Waals surface area contributed by atoms with Gasteiger partial charge < -0.3 is 16.0 Å². The van der Waals surface area contributed by atoms with Gasteiger partial charge in [-0.3, -0.25) is 0 Å². The molecule has 0 aliphatic rings. The highest BCUT2D eigenvalue weighted by Crippen LogP contribution is 2.23. The second-order valence-electron chi connectivity index (χ2n) is 8.61. The second kappa shape index (κ2) is 12.1. The number of rotatable bonds is 6. The zero-order chi connectivity index (χ0) is 25.1. The van der Waals surface area contributed by atoms with Gasteiger partial charge in [0.2, 0.25) is 0 Å². The largest absolute Gasteiger partial charge is 0.356 e. The molecule has 0 fully saturated rings. The Morgan fingerprint density at radius 3 is 1.03 bits per heavy atom. The minimum absolute atomic E-state index is 1.08. The highest BCUT2D eigenvalue weighted by molar-refractivity contribution is 5.86. The first-order chi connectivity index (χ1) is 18.3. The van der Waals surface area contributed by atoms with Crippen molar-refractivity contribution in [1.29, 1.82) is 0 Å². The lowest BCUT2D eigenvalue weighted by atomic mass is 10.1. The number of hydrogen-bond donors (Lipinski definition) is 3. The van der Waals surface area contributed by atoms with E-state index in [1.165, 1.54) is 10.8 Å². The standard InChI is InChI=1S/C18H16N2.C16H13N/c1-3-7-15(8-4-1)19-17-11-13-18(14-12-17)20-16-9-5-2-6-10-16;1-2-8-15(9-3-1)17-16-11-10-13-6-4-5-7-14(13)12-16/h1-14,19-20H;1-12,17H. The van der Waals surface area contributed by atoms with Gasteiger partial charge in [-0.15, -0.1) is 0 Å². The summed E-state index contributed by atoms with van der Waals surface area (Å²) in [4.78, 5) is 0. The van der Waals surface area contributed by atoms with E-state index >= 15 is 0 Å². The van der Waals surface area contributed by atoms with Gasteiger partial charge >= 0.3 is 0 Å². The maximum Gasteiger partial charge on any atom is 0.0390 e. The summed E-state index contributed by atoms with van der Waals surface area (Å²) in [6.45, 7) is 0. The molecule has 0 heterocycles. The molecule has 0 aliphatic carbocycles. The monoisotopic (exact) mass is 479 g/mol. The molecule has 0 unspecified atom stereocenters. The van der Waals surface area contributed by atoms with E-state index in [1.807, 2.05) is 54.6 Å². The Bertz CT molecular complexity index is 1450. The van der Waals surface area contributed by atoms with Crippen LogP contribution in [0, 0.1) is 0 Å². The predicted octanol–water partition coefficient (Wildman–Crippen LogP) is 9.76. The smallest absolute Gasteiger partial charge is 0.0390 e. The lowest BCUT2D eigenvalue weighted by Crippen LogP contribution is -1.92. The SMILES string of the molecule is c1ccc(Nc2ccc(Nc3ccccc3)cc2)cc1.c1ccc(Nc2ccc3ccccc3c2)cc1. The zero-order valence-electron chi connectivity index (χ0n) is 20.5. The third-order valence-electron chi connectivity index (χ3n) is 5.82. The van der Waals surface area contributed by atoms with E-state index in [1.54, 1.807) is 0 Å². The van der Waals surface area contributed by atoms with Gasteiger partial charge in [0.25, 0.3) is 0 Å². The highest BCUT2D eigenvalue weighted by Gasteiger charge is 1.97. The van der Waals surface area contributed by atoms with Crippen LogP contribution in [-0.2, 0) is 0 Å². The maximum atomic E-state index is 3.40. The minimum Gasteiger partial charge on any atom is -0.356 e. The van der Waals surface area contributed by atoms with E-state index in [4.69, 9.17) is 0 Å². The molecule has 0 amide bonds. The highest BCUT2D eigenvalue weighted by atomic mass is 14.9. The van der Waals surface area contributed by atoms with E-state index in [2.05, 4.69) is 119 Å². The predicted molar refractivity (Wildman–Crippen MR) is 160 cm³/mol. The fraction of sp³-hybridized carbons (Fsp3) is 0. The second-order valence-corrected chi connectivity index (χ2v) is 8.61.